The summed E-state index contributed by atoms with van der Waals surface area (Å²) in [4.78, 5) is 0. The van der Waals surface area contributed by atoms with E-state index in [1.165, 1.54) is 0 Å². The monoisotopic (exact) mass is 104 g/mol. The Balaban J connectivity index is 2.75. The van der Waals surface area contributed by atoms with Crippen molar-refractivity contribution in [3.05, 3.63) is 0 Å². The van der Waals surface area contributed by atoms with Gasteiger partial charge in [-0.3, -0.25) is 0 Å². The molecular formula is C3H10NOSi. The number of rotatable bonds is 2. The molecule has 0 aromatic rings. The van der Waals surface area contributed by atoms with Gasteiger partial charge in [0.1, 0.15) is 0 Å². The van der Waals surface area contributed by atoms with E-state index in [0.717, 1.165) is 0 Å². The molecule has 0 rings (SSSR count). The Morgan fingerprint density at radius 3 is 2.33 bits per heavy atom. The van der Waals surface area contributed by atoms with Crippen molar-refractivity contribution in [2.45, 2.75) is 6.55 Å². The topological polar surface area (TPSA) is 35.2 Å². The zero-order valence-corrected chi connectivity index (χ0v) is 5.19. The normalized spacial score (nSPS) is 10.0. The number of hydrogen-bond acceptors (Lipinski definition) is 2. The molecule has 0 fully saturated rings. The van der Waals surface area contributed by atoms with Crippen molar-refractivity contribution in [3.63, 3.8) is 0 Å². The van der Waals surface area contributed by atoms with Crippen molar-refractivity contribution < 1.29 is 4.43 Å². The van der Waals surface area contributed by atoms with Gasteiger partial charge in [0.15, 0.2) is 0 Å². The molecule has 0 aliphatic carbocycles. The van der Waals surface area contributed by atoms with E-state index in [2.05, 4.69) is 0 Å². The average molecular weight is 104 g/mol. The average Bonchev–Trinajstić information content (AvgIpc) is 1.65. The van der Waals surface area contributed by atoms with Crippen molar-refractivity contribution in [1.29, 1.82) is 0 Å². The van der Waals surface area contributed by atoms with Gasteiger partial charge in [0, 0.05) is 13.3 Å². The molecule has 6 heavy (non-hydrogen) atoms. The lowest BCUT2D eigenvalue weighted by atomic mass is 11.5. The number of nitrogens with two attached hydrogens (primary N) is 1. The fourth-order valence-electron chi connectivity index (χ4n) is 0.0833. The Labute approximate surface area is 40.0 Å². The van der Waals surface area contributed by atoms with Crippen molar-refractivity contribution in [3.8, 4) is 0 Å². The molecule has 0 aromatic heterocycles. The fraction of sp³-hybridized carbons (Fsp3) is 1.00. The first-order valence-electron chi connectivity index (χ1n) is 1.87. The minimum atomic E-state index is -0.591. The van der Waals surface area contributed by atoms with E-state index < -0.39 is 9.04 Å². The van der Waals surface area contributed by atoms with Crippen LogP contribution in [-0.2, 0) is 4.43 Å². The largest absolute Gasteiger partial charge is 0.419 e. The van der Waals surface area contributed by atoms with Gasteiger partial charge in [-0.15, -0.1) is 0 Å². The van der Waals surface area contributed by atoms with E-state index in [1.807, 2.05) is 6.55 Å². The number of hydrogen-bond donors (Lipinski definition) is 1. The third-order valence-electron chi connectivity index (χ3n) is 0.636. The van der Waals surface area contributed by atoms with Gasteiger partial charge >= 0.3 is 0 Å². The summed E-state index contributed by atoms with van der Waals surface area (Å²) in [5.41, 5.74) is 5.20. The molecule has 0 aliphatic rings. The molecule has 0 unspecified atom stereocenters. The molecule has 0 atom stereocenters. The zero-order chi connectivity index (χ0) is 4.99. The first-order valence-corrected chi connectivity index (χ1v) is 3.99. The van der Waals surface area contributed by atoms with Crippen molar-refractivity contribution in [1.82, 2.24) is 0 Å². The molecular weight excluding hydrogens is 94.1 g/mol. The van der Waals surface area contributed by atoms with Crippen LogP contribution in [0.2, 0.25) is 6.55 Å². The lowest BCUT2D eigenvalue weighted by Gasteiger charge is -1.97. The molecule has 2 N–H and O–H groups in total. The minimum absolute atomic E-state index is 0.591. The van der Waals surface area contributed by atoms with Crippen LogP contribution >= 0.6 is 0 Å². The molecule has 3 heteroatoms. The summed E-state index contributed by atoms with van der Waals surface area (Å²) in [6.07, 6.45) is 0.709. The second kappa shape index (κ2) is 3.33. The van der Waals surface area contributed by atoms with Crippen LogP contribution < -0.4 is 5.73 Å². The summed E-state index contributed by atoms with van der Waals surface area (Å²) in [6.45, 7) is 2.03. The van der Waals surface area contributed by atoms with Crippen LogP contribution in [0.25, 0.3) is 0 Å². The predicted octanol–water partition coefficient (Wildman–Crippen LogP) is -0.248. The Kier molecular flexibility index (Phi) is 3.41. The smallest absolute Gasteiger partial charge is 0.221 e. The van der Waals surface area contributed by atoms with Gasteiger partial charge in [-0.1, -0.05) is 0 Å². The van der Waals surface area contributed by atoms with Crippen LogP contribution in [0.1, 0.15) is 0 Å². The van der Waals surface area contributed by atoms with Gasteiger partial charge in [-0.25, -0.2) is 0 Å². The summed E-state index contributed by atoms with van der Waals surface area (Å²) in [5, 5.41) is 0. The lowest BCUT2D eigenvalue weighted by molar-refractivity contribution is 0.425. The Bertz CT molecular complexity index is 30.0. The second-order valence-corrected chi connectivity index (χ2v) is 3.33. The van der Waals surface area contributed by atoms with Gasteiger partial charge < -0.3 is 10.2 Å². The van der Waals surface area contributed by atoms with E-state index in [1.54, 1.807) is 7.11 Å². The van der Waals surface area contributed by atoms with E-state index >= 15 is 0 Å². The Morgan fingerprint density at radius 1 is 1.83 bits per heavy atom. The third-order valence-corrected chi connectivity index (χ3v) is 1.91. The van der Waals surface area contributed by atoms with Gasteiger partial charge in [-0.05, 0) is 6.55 Å². The molecule has 1 radical (unpaired) electrons. The van der Waals surface area contributed by atoms with Crippen molar-refractivity contribution in [2.75, 3.05) is 13.3 Å². The van der Waals surface area contributed by atoms with Crippen molar-refractivity contribution >= 4 is 9.04 Å². The molecule has 0 amide bonds. The molecule has 37 valence electrons. The molecule has 0 spiro atoms. The van der Waals surface area contributed by atoms with Crippen LogP contribution in [0.4, 0.5) is 0 Å². The maximum atomic E-state index is 5.20. The SMILES string of the molecule is CO[Si](C)CN. The molecule has 0 saturated heterocycles. The molecule has 0 saturated carbocycles. The first-order chi connectivity index (χ1) is 2.81. The van der Waals surface area contributed by atoms with E-state index in [4.69, 9.17) is 10.2 Å². The lowest BCUT2D eigenvalue weighted by Crippen LogP contribution is -2.23. The summed E-state index contributed by atoms with van der Waals surface area (Å²) < 4.78 is 4.88. The molecule has 2 nitrogen and oxygen atoms in total. The molecule has 0 heterocycles. The fourth-order valence-corrected chi connectivity index (χ4v) is 0.250. The molecule has 0 aromatic carbocycles. The summed E-state index contributed by atoms with van der Waals surface area (Å²) >= 11 is 0. The predicted molar refractivity (Wildman–Crippen MR) is 27.7 cm³/mol. The van der Waals surface area contributed by atoms with Crippen molar-refractivity contribution in [2.24, 2.45) is 5.73 Å². The summed E-state index contributed by atoms with van der Waals surface area (Å²) in [5.74, 6) is 0. The summed E-state index contributed by atoms with van der Waals surface area (Å²) in [7, 11) is 1.11. The maximum absolute atomic E-state index is 5.20. The van der Waals surface area contributed by atoms with Crippen LogP contribution in [-0.4, -0.2) is 22.3 Å². The highest BCUT2D eigenvalue weighted by molar-refractivity contribution is 6.50. The molecule has 0 aliphatic heterocycles. The highest BCUT2D eigenvalue weighted by Crippen LogP contribution is 1.72. The highest BCUT2D eigenvalue weighted by Gasteiger charge is 1.94. The Morgan fingerprint density at radius 2 is 2.33 bits per heavy atom. The zero-order valence-electron chi connectivity index (χ0n) is 4.19. The van der Waals surface area contributed by atoms with E-state index in [9.17, 15) is 0 Å². The third kappa shape index (κ3) is 2.38. The van der Waals surface area contributed by atoms with Crippen LogP contribution in [0.5, 0.6) is 0 Å². The first kappa shape index (κ1) is 6.14. The maximum Gasteiger partial charge on any atom is 0.221 e. The van der Waals surface area contributed by atoms with E-state index in [-0.39, 0.29) is 0 Å². The minimum Gasteiger partial charge on any atom is -0.419 e. The highest BCUT2D eigenvalue weighted by atomic mass is 28.3. The van der Waals surface area contributed by atoms with E-state index in [0.29, 0.717) is 6.17 Å². The standard InChI is InChI=1S/C3H10NOSi/c1-5-6(2)3-4/h3-4H2,1-2H3. The van der Waals surface area contributed by atoms with Crippen LogP contribution in [0.3, 0.4) is 0 Å². The van der Waals surface area contributed by atoms with Gasteiger partial charge in [-0.2, -0.15) is 0 Å². The Hall–Kier alpha value is 0.137. The summed E-state index contributed by atoms with van der Waals surface area (Å²) in [6, 6.07) is 0. The van der Waals surface area contributed by atoms with Gasteiger partial charge in [0.25, 0.3) is 0 Å². The van der Waals surface area contributed by atoms with Gasteiger partial charge in [0.05, 0.1) is 0 Å². The van der Waals surface area contributed by atoms with Crippen LogP contribution in [0.15, 0.2) is 0 Å². The quantitative estimate of drug-likeness (QED) is 0.490. The van der Waals surface area contributed by atoms with Gasteiger partial charge in [0.2, 0.25) is 9.04 Å². The molecule has 0 bridgehead atoms. The second-order valence-electron chi connectivity index (χ2n) is 1.11. The van der Waals surface area contributed by atoms with Crippen LogP contribution in [0, 0.1) is 0 Å².